The van der Waals surface area contributed by atoms with E-state index in [0.717, 1.165) is 44.3 Å². The SMILES string of the molecule is CCNC1CCCN(CC2CCC(C)C2)C1=O. The number of nitrogens with one attached hydrogen (secondary N) is 1. The number of carbonyl (C=O) groups excluding carboxylic acids is 1. The van der Waals surface area contributed by atoms with Crippen LogP contribution in [0.25, 0.3) is 0 Å². The second-order valence-electron chi connectivity index (χ2n) is 5.82. The Morgan fingerprint density at radius 3 is 2.82 bits per heavy atom. The number of nitrogens with zero attached hydrogens (tertiary/aromatic N) is 1. The van der Waals surface area contributed by atoms with Crippen LogP contribution in [0.5, 0.6) is 0 Å². The van der Waals surface area contributed by atoms with Crippen LogP contribution in [0.1, 0.15) is 46.0 Å². The summed E-state index contributed by atoms with van der Waals surface area (Å²) in [6, 6.07) is 0.0903. The van der Waals surface area contributed by atoms with E-state index in [1.807, 2.05) is 0 Å². The molecule has 0 radical (unpaired) electrons. The average Bonchev–Trinajstić information content (AvgIpc) is 2.70. The molecule has 0 aromatic carbocycles. The van der Waals surface area contributed by atoms with Crippen molar-refractivity contribution >= 4 is 5.91 Å². The van der Waals surface area contributed by atoms with E-state index in [0.29, 0.717) is 5.91 Å². The summed E-state index contributed by atoms with van der Waals surface area (Å²) in [5.74, 6) is 1.97. The predicted octanol–water partition coefficient (Wildman–Crippen LogP) is 2.02. The van der Waals surface area contributed by atoms with Crippen molar-refractivity contribution in [3.63, 3.8) is 0 Å². The van der Waals surface area contributed by atoms with Crippen molar-refractivity contribution in [3.05, 3.63) is 0 Å². The van der Waals surface area contributed by atoms with Crippen molar-refractivity contribution in [1.29, 1.82) is 0 Å². The van der Waals surface area contributed by atoms with E-state index in [9.17, 15) is 4.79 Å². The van der Waals surface area contributed by atoms with Gasteiger partial charge in [0.25, 0.3) is 0 Å². The molecule has 3 nitrogen and oxygen atoms in total. The molecule has 1 amide bonds. The maximum atomic E-state index is 12.2. The van der Waals surface area contributed by atoms with Crippen molar-refractivity contribution in [1.82, 2.24) is 10.2 Å². The molecule has 0 aromatic rings. The standard InChI is InChI=1S/C14H26N2O/c1-3-15-13-5-4-8-16(14(13)17)10-12-7-6-11(2)9-12/h11-13,15H,3-10H2,1-2H3. The molecule has 0 bridgehead atoms. The molecular weight excluding hydrogens is 212 g/mol. The third-order valence-electron chi connectivity index (χ3n) is 4.26. The van der Waals surface area contributed by atoms with Crippen molar-refractivity contribution in [2.45, 2.75) is 52.0 Å². The van der Waals surface area contributed by atoms with Crippen LogP contribution in [-0.4, -0.2) is 36.5 Å². The van der Waals surface area contributed by atoms with Gasteiger partial charge < -0.3 is 10.2 Å². The number of piperidine rings is 1. The van der Waals surface area contributed by atoms with Crippen LogP contribution >= 0.6 is 0 Å². The highest BCUT2D eigenvalue weighted by atomic mass is 16.2. The van der Waals surface area contributed by atoms with E-state index in [1.54, 1.807) is 0 Å². The van der Waals surface area contributed by atoms with E-state index >= 15 is 0 Å². The first-order valence-electron chi connectivity index (χ1n) is 7.23. The quantitative estimate of drug-likeness (QED) is 0.812. The van der Waals surface area contributed by atoms with Crippen LogP contribution in [0.15, 0.2) is 0 Å². The van der Waals surface area contributed by atoms with Crippen LogP contribution < -0.4 is 5.32 Å². The molecule has 0 spiro atoms. The molecular formula is C14H26N2O. The van der Waals surface area contributed by atoms with E-state index in [1.165, 1.54) is 19.3 Å². The lowest BCUT2D eigenvalue weighted by Gasteiger charge is -2.34. The molecule has 1 saturated carbocycles. The molecule has 1 aliphatic heterocycles. The molecule has 17 heavy (non-hydrogen) atoms. The Bertz CT molecular complexity index is 265. The van der Waals surface area contributed by atoms with Gasteiger partial charge in [-0.25, -0.2) is 0 Å². The van der Waals surface area contributed by atoms with Gasteiger partial charge in [0.2, 0.25) is 5.91 Å². The van der Waals surface area contributed by atoms with Gasteiger partial charge in [0.05, 0.1) is 6.04 Å². The van der Waals surface area contributed by atoms with Gasteiger partial charge >= 0.3 is 0 Å². The Kier molecular flexibility index (Phi) is 4.43. The van der Waals surface area contributed by atoms with E-state index < -0.39 is 0 Å². The molecule has 3 unspecified atom stereocenters. The summed E-state index contributed by atoms with van der Waals surface area (Å²) in [7, 11) is 0. The third kappa shape index (κ3) is 3.21. The summed E-state index contributed by atoms with van der Waals surface area (Å²) in [5.41, 5.74) is 0. The van der Waals surface area contributed by atoms with Crippen LogP contribution in [0.2, 0.25) is 0 Å². The molecule has 3 heteroatoms. The molecule has 1 saturated heterocycles. The highest BCUT2D eigenvalue weighted by molar-refractivity contribution is 5.82. The maximum Gasteiger partial charge on any atom is 0.239 e. The number of amides is 1. The number of likely N-dealkylation sites (tertiary alicyclic amines) is 1. The number of hydrogen-bond acceptors (Lipinski definition) is 2. The van der Waals surface area contributed by atoms with Crippen molar-refractivity contribution in [2.24, 2.45) is 11.8 Å². The van der Waals surface area contributed by atoms with Crippen molar-refractivity contribution in [3.8, 4) is 0 Å². The average molecular weight is 238 g/mol. The first-order valence-corrected chi connectivity index (χ1v) is 7.23. The summed E-state index contributed by atoms with van der Waals surface area (Å²) >= 11 is 0. The zero-order valence-electron chi connectivity index (χ0n) is 11.2. The highest BCUT2D eigenvalue weighted by Gasteiger charge is 2.31. The zero-order chi connectivity index (χ0) is 12.3. The summed E-state index contributed by atoms with van der Waals surface area (Å²) < 4.78 is 0. The minimum atomic E-state index is 0.0903. The number of likely N-dealkylation sites (N-methyl/N-ethyl adjacent to an activating group) is 1. The van der Waals surface area contributed by atoms with Crippen molar-refractivity contribution in [2.75, 3.05) is 19.6 Å². The smallest absolute Gasteiger partial charge is 0.239 e. The topological polar surface area (TPSA) is 32.3 Å². The molecule has 0 aromatic heterocycles. The lowest BCUT2D eigenvalue weighted by atomic mass is 10.0. The Morgan fingerprint density at radius 2 is 2.18 bits per heavy atom. The zero-order valence-corrected chi connectivity index (χ0v) is 11.2. The first-order chi connectivity index (χ1) is 8.20. The minimum absolute atomic E-state index is 0.0903. The lowest BCUT2D eigenvalue weighted by Crippen LogP contribution is -2.51. The van der Waals surface area contributed by atoms with E-state index in [2.05, 4.69) is 24.1 Å². The Morgan fingerprint density at radius 1 is 1.35 bits per heavy atom. The van der Waals surface area contributed by atoms with Crippen LogP contribution in [0.4, 0.5) is 0 Å². The monoisotopic (exact) mass is 238 g/mol. The fraction of sp³-hybridized carbons (Fsp3) is 0.929. The molecule has 1 aliphatic carbocycles. The summed E-state index contributed by atoms with van der Waals surface area (Å²) in [6.45, 7) is 7.28. The van der Waals surface area contributed by atoms with Gasteiger partial charge in [-0.15, -0.1) is 0 Å². The summed E-state index contributed by atoms with van der Waals surface area (Å²) in [6.07, 6.45) is 6.16. The fourth-order valence-electron chi connectivity index (χ4n) is 3.36. The Balaban J connectivity index is 1.85. The molecule has 1 N–H and O–H groups in total. The third-order valence-corrected chi connectivity index (χ3v) is 4.26. The highest BCUT2D eigenvalue weighted by Crippen LogP contribution is 2.31. The van der Waals surface area contributed by atoms with Gasteiger partial charge in [-0.2, -0.15) is 0 Å². The molecule has 2 rings (SSSR count). The molecule has 1 heterocycles. The number of carbonyl (C=O) groups is 1. The van der Waals surface area contributed by atoms with Crippen LogP contribution in [0.3, 0.4) is 0 Å². The molecule has 98 valence electrons. The van der Waals surface area contributed by atoms with Gasteiger partial charge in [-0.05, 0) is 44.1 Å². The minimum Gasteiger partial charge on any atom is -0.341 e. The number of hydrogen-bond donors (Lipinski definition) is 1. The first kappa shape index (κ1) is 12.9. The molecule has 3 atom stereocenters. The lowest BCUT2D eigenvalue weighted by molar-refractivity contribution is -0.136. The van der Waals surface area contributed by atoms with Crippen LogP contribution in [-0.2, 0) is 4.79 Å². The predicted molar refractivity (Wildman–Crippen MR) is 69.8 cm³/mol. The normalized spacial score (nSPS) is 34.4. The Hall–Kier alpha value is -0.570. The van der Waals surface area contributed by atoms with Crippen LogP contribution in [0, 0.1) is 11.8 Å². The second kappa shape index (κ2) is 5.85. The Labute approximate surface area is 105 Å². The molecule has 2 fully saturated rings. The van der Waals surface area contributed by atoms with Gasteiger partial charge in [-0.3, -0.25) is 4.79 Å². The van der Waals surface area contributed by atoms with Gasteiger partial charge in [0.1, 0.15) is 0 Å². The van der Waals surface area contributed by atoms with Crippen molar-refractivity contribution < 1.29 is 4.79 Å². The van der Waals surface area contributed by atoms with Gasteiger partial charge in [0, 0.05) is 13.1 Å². The largest absolute Gasteiger partial charge is 0.341 e. The summed E-state index contributed by atoms with van der Waals surface area (Å²) in [5, 5.41) is 3.31. The maximum absolute atomic E-state index is 12.2. The summed E-state index contributed by atoms with van der Waals surface area (Å²) in [4.78, 5) is 14.4. The number of rotatable bonds is 4. The van der Waals surface area contributed by atoms with Gasteiger partial charge in [0.15, 0.2) is 0 Å². The fourth-order valence-corrected chi connectivity index (χ4v) is 3.36. The van der Waals surface area contributed by atoms with E-state index in [4.69, 9.17) is 0 Å². The second-order valence-corrected chi connectivity index (χ2v) is 5.82. The van der Waals surface area contributed by atoms with Gasteiger partial charge in [-0.1, -0.05) is 20.3 Å². The molecule has 2 aliphatic rings. The van der Waals surface area contributed by atoms with E-state index in [-0.39, 0.29) is 6.04 Å².